The SMILES string of the molecule is Cc1ccccc1C(=O)N(Cc1nc(C(=O)NC2CC2)co1)C1CC1. The number of nitrogens with one attached hydrogen (secondary N) is 1. The molecular weight excluding hydrogens is 318 g/mol. The normalized spacial score (nSPS) is 16.5. The Morgan fingerprint density at radius 2 is 2.00 bits per heavy atom. The second-order valence-electron chi connectivity index (χ2n) is 6.85. The minimum atomic E-state index is -0.208. The van der Waals surface area contributed by atoms with Crippen LogP contribution in [-0.4, -0.2) is 33.8 Å². The van der Waals surface area contributed by atoms with Crippen molar-refractivity contribution in [1.29, 1.82) is 0 Å². The van der Waals surface area contributed by atoms with Crippen LogP contribution in [0.2, 0.25) is 0 Å². The lowest BCUT2D eigenvalue weighted by Gasteiger charge is -2.21. The van der Waals surface area contributed by atoms with Crippen molar-refractivity contribution >= 4 is 11.8 Å². The van der Waals surface area contributed by atoms with Gasteiger partial charge in [-0.3, -0.25) is 9.59 Å². The van der Waals surface area contributed by atoms with E-state index in [0.29, 0.717) is 11.5 Å². The average molecular weight is 339 g/mol. The van der Waals surface area contributed by atoms with E-state index in [4.69, 9.17) is 4.42 Å². The van der Waals surface area contributed by atoms with E-state index in [1.807, 2.05) is 31.2 Å². The van der Waals surface area contributed by atoms with Gasteiger partial charge in [-0.1, -0.05) is 18.2 Å². The Kier molecular flexibility index (Phi) is 4.03. The smallest absolute Gasteiger partial charge is 0.273 e. The molecule has 1 N–H and O–H groups in total. The molecule has 2 amide bonds. The lowest BCUT2D eigenvalue weighted by atomic mass is 10.1. The Bertz CT molecular complexity index is 806. The van der Waals surface area contributed by atoms with Crippen LogP contribution in [0.25, 0.3) is 0 Å². The zero-order valence-corrected chi connectivity index (χ0v) is 14.2. The van der Waals surface area contributed by atoms with Crippen molar-refractivity contribution in [3.8, 4) is 0 Å². The monoisotopic (exact) mass is 339 g/mol. The quantitative estimate of drug-likeness (QED) is 0.878. The number of hydrogen-bond acceptors (Lipinski definition) is 4. The van der Waals surface area contributed by atoms with Gasteiger partial charge >= 0.3 is 0 Å². The second-order valence-corrected chi connectivity index (χ2v) is 6.85. The number of carbonyl (C=O) groups is 2. The summed E-state index contributed by atoms with van der Waals surface area (Å²) < 4.78 is 5.45. The minimum Gasteiger partial charge on any atom is -0.446 e. The average Bonchev–Trinajstić information content (AvgIpc) is 3.53. The number of oxazole rings is 1. The van der Waals surface area contributed by atoms with Crippen molar-refractivity contribution in [3.63, 3.8) is 0 Å². The van der Waals surface area contributed by atoms with Crippen LogP contribution in [0.5, 0.6) is 0 Å². The Hall–Kier alpha value is -2.63. The summed E-state index contributed by atoms with van der Waals surface area (Å²) in [5.41, 5.74) is 1.93. The number of carbonyl (C=O) groups excluding carboxylic acids is 2. The first kappa shape index (κ1) is 15.9. The molecule has 0 unspecified atom stereocenters. The molecule has 2 aromatic rings. The molecule has 0 spiro atoms. The number of aryl methyl sites for hydroxylation is 1. The molecule has 0 radical (unpaired) electrons. The van der Waals surface area contributed by atoms with E-state index < -0.39 is 0 Å². The van der Waals surface area contributed by atoms with Gasteiger partial charge in [0, 0.05) is 17.6 Å². The van der Waals surface area contributed by atoms with Crippen LogP contribution in [0.3, 0.4) is 0 Å². The molecule has 6 heteroatoms. The number of aromatic nitrogens is 1. The lowest BCUT2D eigenvalue weighted by Crippen LogP contribution is -2.33. The highest BCUT2D eigenvalue weighted by molar-refractivity contribution is 5.96. The molecule has 2 aliphatic carbocycles. The summed E-state index contributed by atoms with van der Waals surface area (Å²) >= 11 is 0. The number of hydrogen-bond donors (Lipinski definition) is 1. The fourth-order valence-corrected chi connectivity index (χ4v) is 2.84. The molecule has 4 rings (SSSR count). The highest BCUT2D eigenvalue weighted by Crippen LogP contribution is 2.30. The van der Waals surface area contributed by atoms with Crippen LogP contribution in [0.1, 0.15) is 58.0 Å². The van der Waals surface area contributed by atoms with Crippen LogP contribution < -0.4 is 5.32 Å². The third-order valence-corrected chi connectivity index (χ3v) is 4.63. The summed E-state index contributed by atoms with van der Waals surface area (Å²) in [6.07, 6.45) is 5.41. The predicted octanol–water partition coefficient (Wildman–Crippen LogP) is 2.68. The number of benzene rings is 1. The Balaban J connectivity index is 1.49. The Morgan fingerprint density at radius 3 is 2.68 bits per heavy atom. The van der Waals surface area contributed by atoms with Gasteiger partial charge in [0.25, 0.3) is 11.8 Å². The molecule has 2 aliphatic rings. The van der Waals surface area contributed by atoms with Crippen molar-refractivity contribution < 1.29 is 14.0 Å². The number of rotatable bonds is 6. The molecule has 130 valence electrons. The van der Waals surface area contributed by atoms with Gasteiger partial charge in [-0.15, -0.1) is 0 Å². The van der Waals surface area contributed by atoms with Crippen LogP contribution in [-0.2, 0) is 6.54 Å². The first-order valence-electron chi connectivity index (χ1n) is 8.73. The van der Waals surface area contributed by atoms with Gasteiger partial charge in [-0.2, -0.15) is 0 Å². The van der Waals surface area contributed by atoms with E-state index in [1.165, 1.54) is 6.26 Å². The van der Waals surface area contributed by atoms with Gasteiger partial charge in [0.1, 0.15) is 6.26 Å². The van der Waals surface area contributed by atoms with Crippen molar-refractivity contribution in [3.05, 3.63) is 53.2 Å². The van der Waals surface area contributed by atoms with Gasteiger partial charge in [0.2, 0.25) is 5.89 Å². The molecule has 2 fully saturated rings. The van der Waals surface area contributed by atoms with Crippen molar-refractivity contribution in [2.75, 3.05) is 0 Å². The zero-order valence-electron chi connectivity index (χ0n) is 14.2. The minimum absolute atomic E-state index is 0.0113. The van der Waals surface area contributed by atoms with E-state index >= 15 is 0 Å². The summed E-state index contributed by atoms with van der Waals surface area (Å²) in [6.45, 7) is 2.22. The van der Waals surface area contributed by atoms with E-state index in [9.17, 15) is 9.59 Å². The fraction of sp³-hybridized carbons (Fsp3) is 0.421. The van der Waals surface area contributed by atoms with Gasteiger partial charge in [0.15, 0.2) is 5.69 Å². The first-order valence-corrected chi connectivity index (χ1v) is 8.73. The lowest BCUT2D eigenvalue weighted by molar-refractivity contribution is 0.0713. The van der Waals surface area contributed by atoms with E-state index in [2.05, 4.69) is 10.3 Å². The molecule has 1 heterocycles. The van der Waals surface area contributed by atoms with Gasteiger partial charge in [0.05, 0.1) is 6.54 Å². The second kappa shape index (κ2) is 6.35. The van der Waals surface area contributed by atoms with Crippen LogP contribution in [0.15, 0.2) is 34.9 Å². The van der Waals surface area contributed by atoms with Crippen molar-refractivity contribution in [1.82, 2.24) is 15.2 Å². The number of amides is 2. The molecule has 2 saturated carbocycles. The third-order valence-electron chi connectivity index (χ3n) is 4.63. The maximum absolute atomic E-state index is 12.9. The highest BCUT2D eigenvalue weighted by atomic mass is 16.3. The molecular formula is C19H21N3O3. The standard InChI is InChI=1S/C19H21N3O3/c1-12-4-2-3-5-15(12)19(24)22(14-8-9-14)10-17-21-16(11-25-17)18(23)20-13-6-7-13/h2-5,11,13-14H,6-10H2,1H3,(H,20,23). The predicted molar refractivity (Wildman–Crippen MR) is 91.1 cm³/mol. The maximum Gasteiger partial charge on any atom is 0.273 e. The summed E-state index contributed by atoms with van der Waals surface area (Å²) in [6, 6.07) is 8.07. The number of nitrogens with zero attached hydrogens (tertiary/aromatic N) is 2. The molecule has 25 heavy (non-hydrogen) atoms. The van der Waals surface area contributed by atoms with Crippen LogP contribution in [0.4, 0.5) is 0 Å². The van der Waals surface area contributed by atoms with Gasteiger partial charge in [-0.25, -0.2) is 4.98 Å². The van der Waals surface area contributed by atoms with Crippen molar-refractivity contribution in [2.45, 2.75) is 51.2 Å². The van der Waals surface area contributed by atoms with E-state index in [0.717, 1.165) is 31.2 Å². The molecule has 0 bridgehead atoms. The molecule has 0 aliphatic heterocycles. The Morgan fingerprint density at radius 1 is 1.24 bits per heavy atom. The fourth-order valence-electron chi connectivity index (χ4n) is 2.84. The van der Waals surface area contributed by atoms with Crippen LogP contribution >= 0.6 is 0 Å². The molecule has 1 aromatic carbocycles. The largest absolute Gasteiger partial charge is 0.446 e. The highest BCUT2D eigenvalue weighted by Gasteiger charge is 2.34. The Labute approximate surface area is 146 Å². The molecule has 1 aromatic heterocycles. The summed E-state index contributed by atoms with van der Waals surface area (Å²) in [7, 11) is 0. The summed E-state index contributed by atoms with van der Waals surface area (Å²) in [5, 5.41) is 2.89. The molecule has 6 nitrogen and oxygen atoms in total. The summed E-state index contributed by atoms with van der Waals surface area (Å²) in [5.74, 6) is 0.179. The molecule has 0 saturated heterocycles. The van der Waals surface area contributed by atoms with Gasteiger partial charge < -0.3 is 14.6 Å². The van der Waals surface area contributed by atoms with Crippen molar-refractivity contribution in [2.24, 2.45) is 0 Å². The van der Waals surface area contributed by atoms with Crippen LogP contribution in [0, 0.1) is 6.92 Å². The van der Waals surface area contributed by atoms with Gasteiger partial charge in [-0.05, 0) is 44.2 Å². The van der Waals surface area contributed by atoms with E-state index in [1.54, 1.807) is 4.90 Å². The maximum atomic E-state index is 12.9. The zero-order chi connectivity index (χ0) is 17.4. The topological polar surface area (TPSA) is 75.4 Å². The van der Waals surface area contributed by atoms with E-state index in [-0.39, 0.29) is 36.1 Å². The third kappa shape index (κ3) is 3.57. The first-order chi connectivity index (χ1) is 12.1. The summed E-state index contributed by atoms with van der Waals surface area (Å²) in [4.78, 5) is 31.0. The molecule has 0 atom stereocenters.